The molecule has 0 atom stereocenters. The summed E-state index contributed by atoms with van der Waals surface area (Å²) in [5.74, 6) is -1.47. The first-order valence-electron chi connectivity index (χ1n) is 5.76. The Hall–Kier alpha value is -2.54. The van der Waals surface area contributed by atoms with Crippen LogP contribution < -0.4 is 5.32 Å². The van der Waals surface area contributed by atoms with E-state index in [9.17, 15) is 19.3 Å². The molecule has 0 fully saturated rings. The first-order chi connectivity index (χ1) is 9.90. The van der Waals surface area contributed by atoms with Crippen molar-refractivity contribution in [1.82, 2.24) is 4.98 Å². The number of anilines is 1. The highest BCUT2D eigenvalue weighted by Crippen LogP contribution is 2.27. The normalized spacial score (nSPS) is 10.2. The van der Waals surface area contributed by atoms with Crippen molar-refractivity contribution in [1.29, 1.82) is 0 Å². The molecule has 2 rings (SSSR count). The zero-order valence-corrected chi connectivity index (χ0v) is 11.5. The Labute approximate surface area is 123 Å². The van der Waals surface area contributed by atoms with E-state index in [2.05, 4.69) is 10.3 Å². The van der Waals surface area contributed by atoms with Crippen LogP contribution in [0.1, 0.15) is 15.9 Å². The molecule has 1 amide bonds. The van der Waals surface area contributed by atoms with Gasteiger partial charge in [-0.3, -0.25) is 14.9 Å². The minimum atomic E-state index is -0.839. The van der Waals surface area contributed by atoms with Gasteiger partial charge in [-0.05, 0) is 30.7 Å². The number of aromatic nitrogens is 1. The van der Waals surface area contributed by atoms with Crippen molar-refractivity contribution in [3.8, 4) is 0 Å². The lowest BCUT2D eigenvalue weighted by Crippen LogP contribution is -2.15. The molecule has 0 saturated carbocycles. The van der Waals surface area contributed by atoms with Crippen LogP contribution in [0, 0.1) is 22.9 Å². The Morgan fingerprint density at radius 2 is 2.14 bits per heavy atom. The molecule has 0 unspecified atom stereocenters. The Morgan fingerprint density at radius 3 is 2.76 bits per heavy atom. The zero-order chi connectivity index (χ0) is 15.6. The number of rotatable bonds is 3. The molecule has 0 saturated heterocycles. The second-order valence-electron chi connectivity index (χ2n) is 4.19. The molecule has 0 bridgehead atoms. The van der Waals surface area contributed by atoms with Gasteiger partial charge in [-0.1, -0.05) is 17.7 Å². The van der Waals surface area contributed by atoms with Gasteiger partial charge in [0.15, 0.2) is 0 Å². The summed E-state index contributed by atoms with van der Waals surface area (Å²) in [7, 11) is 0. The summed E-state index contributed by atoms with van der Waals surface area (Å²) in [5, 5.41) is 12.8. The monoisotopic (exact) mass is 309 g/mol. The van der Waals surface area contributed by atoms with Crippen LogP contribution in [0.25, 0.3) is 0 Å². The lowest BCUT2D eigenvalue weighted by atomic mass is 10.2. The number of nitrogens with one attached hydrogen (secondary N) is 1. The van der Waals surface area contributed by atoms with E-state index in [-0.39, 0.29) is 11.3 Å². The van der Waals surface area contributed by atoms with Gasteiger partial charge < -0.3 is 5.32 Å². The van der Waals surface area contributed by atoms with E-state index < -0.39 is 27.5 Å². The van der Waals surface area contributed by atoms with E-state index in [0.717, 1.165) is 12.3 Å². The second kappa shape index (κ2) is 5.84. The smallest absolute Gasteiger partial charge is 0.319 e. The number of amides is 1. The van der Waals surface area contributed by atoms with Gasteiger partial charge in [0.25, 0.3) is 5.91 Å². The number of benzene rings is 1. The average Bonchev–Trinajstić information content (AvgIpc) is 2.41. The maximum Gasteiger partial charge on any atom is 0.319 e. The van der Waals surface area contributed by atoms with Crippen LogP contribution >= 0.6 is 11.6 Å². The molecule has 1 aromatic heterocycles. The molecule has 6 nitrogen and oxygen atoms in total. The molecule has 1 N–H and O–H groups in total. The number of nitro groups is 1. The summed E-state index contributed by atoms with van der Waals surface area (Å²) in [6, 6.07) is 5.36. The number of aryl methyl sites for hydroxylation is 1. The van der Waals surface area contributed by atoms with Crippen LogP contribution in [0.3, 0.4) is 0 Å². The lowest BCUT2D eigenvalue weighted by Gasteiger charge is -2.07. The summed E-state index contributed by atoms with van der Waals surface area (Å²) in [5.41, 5.74) is -0.305. The molecular weight excluding hydrogens is 301 g/mol. The Balaban J connectivity index is 2.37. The van der Waals surface area contributed by atoms with Crippen LogP contribution in [-0.4, -0.2) is 15.8 Å². The van der Waals surface area contributed by atoms with Crippen LogP contribution in [0.4, 0.5) is 15.8 Å². The Bertz CT molecular complexity index is 737. The highest BCUT2D eigenvalue weighted by atomic mass is 35.5. The number of hydrogen-bond donors (Lipinski definition) is 1. The minimum absolute atomic E-state index is 0.0761. The van der Waals surface area contributed by atoms with Gasteiger partial charge >= 0.3 is 5.69 Å². The summed E-state index contributed by atoms with van der Waals surface area (Å²) in [6.07, 6.45) is 1.16. The van der Waals surface area contributed by atoms with Gasteiger partial charge in [-0.15, -0.1) is 0 Å². The molecule has 8 heteroatoms. The Morgan fingerprint density at radius 1 is 1.43 bits per heavy atom. The number of pyridine rings is 1. The predicted molar refractivity (Wildman–Crippen MR) is 75.0 cm³/mol. The van der Waals surface area contributed by atoms with E-state index in [0.29, 0.717) is 5.56 Å². The van der Waals surface area contributed by atoms with Crippen molar-refractivity contribution in [3.63, 3.8) is 0 Å². The molecule has 108 valence electrons. The average molecular weight is 310 g/mol. The predicted octanol–water partition coefficient (Wildman–Crippen LogP) is 3.34. The molecule has 0 aliphatic carbocycles. The van der Waals surface area contributed by atoms with E-state index in [1.165, 1.54) is 12.1 Å². The molecular formula is C13H9ClFN3O3. The van der Waals surface area contributed by atoms with E-state index in [4.69, 9.17) is 11.6 Å². The van der Waals surface area contributed by atoms with Gasteiger partial charge in [0, 0.05) is 6.20 Å². The summed E-state index contributed by atoms with van der Waals surface area (Å²) >= 11 is 5.62. The van der Waals surface area contributed by atoms with Gasteiger partial charge in [0.2, 0.25) is 5.15 Å². The van der Waals surface area contributed by atoms with Gasteiger partial charge in [0.05, 0.1) is 10.6 Å². The zero-order valence-electron chi connectivity index (χ0n) is 10.8. The maximum absolute atomic E-state index is 13.7. The number of nitrogens with zero attached hydrogens (tertiary/aromatic N) is 2. The van der Waals surface area contributed by atoms with E-state index in [1.54, 1.807) is 13.0 Å². The third-order valence-electron chi connectivity index (χ3n) is 2.68. The summed E-state index contributed by atoms with van der Waals surface area (Å²) in [6.45, 7) is 1.70. The minimum Gasteiger partial charge on any atom is -0.319 e. The van der Waals surface area contributed by atoms with E-state index >= 15 is 0 Å². The quantitative estimate of drug-likeness (QED) is 0.535. The number of halogens is 2. The van der Waals surface area contributed by atoms with Crippen molar-refractivity contribution in [2.24, 2.45) is 0 Å². The number of hydrogen-bond acceptors (Lipinski definition) is 4. The fraction of sp³-hybridized carbons (Fsp3) is 0.0769. The number of carbonyl (C=O) groups is 1. The molecule has 2 aromatic rings. The van der Waals surface area contributed by atoms with E-state index in [1.807, 2.05) is 0 Å². The second-order valence-corrected chi connectivity index (χ2v) is 4.55. The van der Waals surface area contributed by atoms with Crippen molar-refractivity contribution in [3.05, 3.63) is 62.7 Å². The van der Waals surface area contributed by atoms with Crippen molar-refractivity contribution < 1.29 is 14.1 Å². The van der Waals surface area contributed by atoms with Crippen LogP contribution in [-0.2, 0) is 0 Å². The number of carbonyl (C=O) groups excluding carboxylic acids is 1. The van der Waals surface area contributed by atoms with Crippen LogP contribution in [0.15, 0.2) is 30.5 Å². The molecule has 0 spiro atoms. The van der Waals surface area contributed by atoms with Gasteiger partial charge in [-0.2, -0.15) is 0 Å². The highest BCUT2D eigenvalue weighted by molar-refractivity contribution is 6.32. The molecule has 1 heterocycles. The molecule has 0 radical (unpaired) electrons. The first kappa shape index (κ1) is 14.9. The van der Waals surface area contributed by atoms with Crippen molar-refractivity contribution >= 4 is 28.9 Å². The van der Waals surface area contributed by atoms with Gasteiger partial charge in [-0.25, -0.2) is 9.37 Å². The molecule has 0 aliphatic heterocycles. The summed E-state index contributed by atoms with van der Waals surface area (Å²) in [4.78, 5) is 25.7. The fourth-order valence-corrected chi connectivity index (χ4v) is 1.92. The van der Waals surface area contributed by atoms with Gasteiger partial charge in [0.1, 0.15) is 11.4 Å². The lowest BCUT2D eigenvalue weighted by molar-refractivity contribution is -0.385. The molecule has 21 heavy (non-hydrogen) atoms. The van der Waals surface area contributed by atoms with Crippen molar-refractivity contribution in [2.75, 3.05) is 5.32 Å². The van der Waals surface area contributed by atoms with Crippen molar-refractivity contribution in [2.45, 2.75) is 6.92 Å². The fourth-order valence-electron chi connectivity index (χ4n) is 1.70. The third kappa shape index (κ3) is 3.14. The SMILES string of the molecule is Cc1ccc(NC(=O)c2ccnc(Cl)c2[N+](=O)[O-])c(F)c1. The highest BCUT2D eigenvalue weighted by Gasteiger charge is 2.25. The third-order valence-corrected chi connectivity index (χ3v) is 2.96. The molecule has 0 aliphatic rings. The summed E-state index contributed by atoms with van der Waals surface area (Å²) < 4.78 is 13.7. The topological polar surface area (TPSA) is 85.1 Å². The molecule has 1 aromatic carbocycles. The van der Waals surface area contributed by atoms with Crippen LogP contribution in [0.5, 0.6) is 0 Å². The first-order valence-corrected chi connectivity index (χ1v) is 6.14. The Kier molecular flexibility index (Phi) is 4.13. The van der Waals surface area contributed by atoms with Crippen LogP contribution in [0.2, 0.25) is 5.15 Å². The largest absolute Gasteiger partial charge is 0.319 e. The maximum atomic E-state index is 13.7. The standard InChI is InChI=1S/C13H9ClFN3O3/c1-7-2-3-10(9(15)6-7)17-13(19)8-4-5-16-12(14)11(8)18(20)21/h2-6H,1H3,(H,17,19).